The second kappa shape index (κ2) is 4.35. The SMILES string of the molecule is CCc1cc(-c2n[nH]c(=S)n2C(C)(C)C)n(C)n1. The molecule has 0 bridgehead atoms. The van der Waals surface area contributed by atoms with Gasteiger partial charge in [0.1, 0.15) is 5.69 Å². The van der Waals surface area contributed by atoms with Gasteiger partial charge in [-0.3, -0.25) is 14.3 Å². The Balaban J connectivity index is 2.65. The summed E-state index contributed by atoms with van der Waals surface area (Å²) in [5.41, 5.74) is 1.92. The Bertz CT molecular complexity index is 611. The van der Waals surface area contributed by atoms with Crippen LogP contribution in [-0.2, 0) is 19.0 Å². The van der Waals surface area contributed by atoms with Gasteiger partial charge in [0.25, 0.3) is 0 Å². The fourth-order valence-corrected chi connectivity index (χ4v) is 2.41. The first-order chi connectivity index (χ1) is 8.34. The van der Waals surface area contributed by atoms with Crippen LogP contribution in [0.5, 0.6) is 0 Å². The molecule has 0 saturated heterocycles. The topological polar surface area (TPSA) is 51.4 Å². The van der Waals surface area contributed by atoms with E-state index in [-0.39, 0.29) is 5.54 Å². The molecule has 0 aliphatic carbocycles. The zero-order valence-corrected chi connectivity index (χ0v) is 12.3. The summed E-state index contributed by atoms with van der Waals surface area (Å²) < 4.78 is 4.52. The van der Waals surface area contributed by atoms with Crippen LogP contribution in [-0.4, -0.2) is 24.5 Å². The van der Waals surface area contributed by atoms with E-state index in [1.165, 1.54) is 0 Å². The third kappa shape index (κ3) is 2.12. The van der Waals surface area contributed by atoms with Gasteiger partial charge in [-0.15, -0.1) is 0 Å². The van der Waals surface area contributed by atoms with Crippen LogP contribution in [0.3, 0.4) is 0 Å². The Morgan fingerprint density at radius 3 is 2.56 bits per heavy atom. The minimum absolute atomic E-state index is 0.115. The molecule has 0 radical (unpaired) electrons. The standard InChI is InChI=1S/C12H19N5S/c1-6-8-7-9(16(5)15-8)10-13-14-11(18)17(10)12(2,3)4/h7H,6H2,1-5H3,(H,14,18). The fraction of sp³-hybridized carbons (Fsp3) is 0.583. The summed E-state index contributed by atoms with van der Waals surface area (Å²) in [7, 11) is 1.93. The van der Waals surface area contributed by atoms with E-state index in [9.17, 15) is 0 Å². The van der Waals surface area contributed by atoms with Gasteiger partial charge >= 0.3 is 0 Å². The van der Waals surface area contributed by atoms with Gasteiger partial charge in [-0.25, -0.2) is 0 Å². The normalized spacial score (nSPS) is 12.1. The zero-order valence-electron chi connectivity index (χ0n) is 11.5. The predicted octanol–water partition coefficient (Wildman–Crippen LogP) is 2.66. The third-order valence-electron chi connectivity index (χ3n) is 2.86. The molecule has 0 aromatic carbocycles. The molecule has 2 rings (SSSR count). The quantitative estimate of drug-likeness (QED) is 0.849. The van der Waals surface area contributed by atoms with Crippen LogP contribution in [0.1, 0.15) is 33.4 Å². The van der Waals surface area contributed by atoms with Crippen molar-refractivity contribution in [2.24, 2.45) is 7.05 Å². The third-order valence-corrected chi connectivity index (χ3v) is 3.14. The molecule has 5 nitrogen and oxygen atoms in total. The summed E-state index contributed by atoms with van der Waals surface area (Å²) in [6.45, 7) is 8.42. The van der Waals surface area contributed by atoms with Crippen molar-refractivity contribution in [3.8, 4) is 11.5 Å². The van der Waals surface area contributed by atoms with E-state index in [0.717, 1.165) is 23.6 Å². The molecule has 18 heavy (non-hydrogen) atoms. The second-order valence-electron chi connectivity index (χ2n) is 5.36. The zero-order chi connectivity index (χ0) is 13.5. The Kier molecular flexibility index (Phi) is 3.14. The largest absolute Gasteiger partial charge is 0.293 e. The molecule has 0 fully saturated rings. The molecular weight excluding hydrogens is 246 g/mol. The van der Waals surface area contributed by atoms with Gasteiger partial charge in [0.2, 0.25) is 0 Å². The second-order valence-corrected chi connectivity index (χ2v) is 5.74. The molecule has 0 amide bonds. The van der Waals surface area contributed by atoms with E-state index in [4.69, 9.17) is 12.2 Å². The van der Waals surface area contributed by atoms with Crippen molar-refractivity contribution in [1.29, 1.82) is 0 Å². The molecule has 0 spiro atoms. The number of hydrogen-bond donors (Lipinski definition) is 1. The highest BCUT2D eigenvalue weighted by atomic mass is 32.1. The predicted molar refractivity (Wildman–Crippen MR) is 74.0 cm³/mol. The van der Waals surface area contributed by atoms with Gasteiger partial charge in [0.15, 0.2) is 10.6 Å². The van der Waals surface area contributed by atoms with Gasteiger partial charge in [-0.1, -0.05) is 6.92 Å². The Hall–Kier alpha value is -1.43. The molecule has 2 aromatic rings. The van der Waals surface area contributed by atoms with Crippen LogP contribution in [0.25, 0.3) is 11.5 Å². The van der Waals surface area contributed by atoms with Gasteiger partial charge in [-0.2, -0.15) is 10.2 Å². The maximum absolute atomic E-state index is 5.31. The smallest absolute Gasteiger partial charge is 0.195 e. The average Bonchev–Trinajstić information content (AvgIpc) is 2.80. The number of nitrogens with zero attached hydrogens (tertiary/aromatic N) is 4. The summed E-state index contributed by atoms with van der Waals surface area (Å²) in [4.78, 5) is 0. The highest BCUT2D eigenvalue weighted by molar-refractivity contribution is 7.71. The highest BCUT2D eigenvalue weighted by Crippen LogP contribution is 2.24. The maximum atomic E-state index is 5.31. The van der Waals surface area contributed by atoms with Crippen molar-refractivity contribution >= 4 is 12.2 Å². The van der Waals surface area contributed by atoms with Crippen LogP contribution in [0.4, 0.5) is 0 Å². The minimum Gasteiger partial charge on any atom is -0.293 e. The molecule has 0 aliphatic rings. The summed E-state index contributed by atoms with van der Waals surface area (Å²) in [6.07, 6.45) is 0.911. The molecule has 1 N–H and O–H groups in total. The first-order valence-corrected chi connectivity index (χ1v) is 6.46. The molecule has 2 aromatic heterocycles. The lowest BCUT2D eigenvalue weighted by molar-refractivity contribution is 0.394. The number of aromatic amines is 1. The van der Waals surface area contributed by atoms with Crippen LogP contribution >= 0.6 is 12.2 Å². The molecule has 0 unspecified atom stereocenters. The number of hydrogen-bond acceptors (Lipinski definition) is 3. The van der Waals surface area contributed by atoms with Crippen molar-refractivity contribution in [1.82, 2.24) is 24.5 Å². The number of nitrogens with one attached hydrogen (secondary N) is 1. The lowest BCUT2D eigenvalue weighted by Gasteiger charge is -2.22. The van der Waals surface area contributed by atoms with Crippen molar-refractivity contribution in [3.05, 3.63) is 16.5 Å². The monoisotopic (exact) mass is 265 g/mol. The first-order valence-electron chi connectivity index (χ1n) is 6.05. The van der Waals surface area contributed by atoms with Crippen molar-refractivity contribution in [2.75, 3.05) is 0 Å². The summed E-state index contributed by atoms with van der Waals surface area (Å²) in [5.74, 6) is 0.835. The Labute approximate surface area is 112 Å². The van der Waals surface area contributed by atoms with Crippen LogP contribution < -0.4 is 0 Å². The van der Waals surface area contributed by atoms with Crippen molar-refractivity contribution in [3.63, 3.8) is 0 Å². The molecule has 0 saturated carbocycles. The van der Waals surface area contributed by atoms with Crippen molar-refractivity contribution in [2.45, 2.75) is 39.7 Å². The Morgan fingerprint density at radius 1 is 1.39 bits per heavy atom. The van der Waals surface area contributed by atoms with E-state index in [2.05, 4.69) is 49.1 Å². The first kappa shape index (κ1) is 13.0. The lowest BCUT2D eigenvalue weighted by Crippen LogP contribution is -2.23. The highest BCUT2D eigenvalue weighted by Gasteiger charge is 2.22. The summed E-state index contributed by atoms with van der Waals surface area (Å²) in [6, 6.07) is 2.06. The Morgan fingerprint density at radius 2 is 2.06 bits per heavy atom. The average molecular weight is 265 g/mol. The van der Waals surface area contributed by atoms with Crippen LogP contribution in [0, 0.1) is 4.77 Å². The maximum Gasteiger partial charge on any atom is 0.195 e. The van der Waals surface area contributed by atoms with E-state index in [0.29, 0.717) is 4.77 Å². The molecule has 6 heteroatoms. The number of aryl methyl sites for hydroxylation is 2. The van der Waals surface area contributed by atoms with E-state index < -0.39 is 0 Å². The van der Waals surface area contributed by atoms with Crippen LogP contribution in [0.2, 0.25) is 0 Å². The number of H-pyrrole nitrogens is 1. The summed E-state index contributed by atoms with van der Waals surface area (Å²) in [5, 5.41) is 11.7. The summed E-state index contributed by atoms with van der Waals surface area (Å²) >= 11 is 5.31. The molecule has 0 atom stereocenters. The van der Waals surface area contributed by atoms with Gasteiger partial charge in [0, 0.05) is 12.6 Å². The molecule has 98 valence electrons. The fourth-order valence-electron chi connectivity index (χ4n) is 2.00. The van der Waals surface area contributed by atoms with Crippen molar-refractivity contribution < 1.29 is 0 Å². The van der Waals surface area contributed by atoms with E-state index in [1.807, 2.05) is 16.3 Å². The van der Waals surface area contributed by atoms with E-state index in [1.54, 1.807) is 0 Å². The van der Waals surface area contributed by atoms with Gasteiger partial charge in [0.05, 0.1) is 5.69 Å². The lowest BCUT2D eigenvalue weighted by atomic mass is 10.1. The minimum atomic E-state index is -0.115. The van der Waals surface area contributed by atoms with Gasteiger partial charge < -0.3 is 0 Å². The number of rotatable bonds is 2. The molecule has 2 heterocycles. The van der Waals surface area contributed by atoms with Crippen LogP contribution in [0.15, 0.2) is 6.07 Å². The van der Waals surface area contributed by atoms with Gasteiger partial charge in [-0.05, 0) is 45.5 Å². The van der Waals surface area contributed by atoms with E-state index >= 15 is 0 Å². The molecule has 0 aliphatic heterocycles. The number of aromatic nitrogens is 5. The molecular formula is C12H19N5S.